The van der Waals surface area contributed by atoms with E-state index >= 15 is 0 Å². The van der Waals surface area contributed by atoms with E-state index in [4.69, 9.17) is 0 Å². The van der Waals surface area contributed by atoms with Gasteiger partial charge in [0.15, 0.2) is 0 Å². The molecule has 3 rings (SSSR count). The Bertz CT molecular complexity index is 595. The summed E-state index contributed by atoms with van der Waals surface area (Å²) in [5, 5.41) is 4.18. The van der Waals surface area contributed by atoms with Gasteiger partial charge in [-0.05, 0) is 12.5 Å². The van der Waals surface area contributed by atoms with Crippen LogP contribution >= 0.6 is 11.3 Å². The first-order valence-corrected chi connectivity index (χ1v) is 5.52. The summed E-state index contributed by atoms with van der Waals surface area (Å²) in [5.41, 5.74) is 2.38. The number of hydrogen-bond acceptors (Lipinski definition) is 3. The number of hydrogen-bond donors (Lipinski definition) is 0. The van der Waals surface area contributed by atoms with Crippen LogP contribution in [0.3, 0.4) is 0 Å². The van der Waals surface area contributed by atoms with E-state index in [9.17, 15) is 0 Å². The first-order chi connectivity index (χ1) is 7.36. The molecule has 0 amide bonds. The topological polar surface area (TPSA) is 30.2 Å². The molecule has 0 N–H and O–H groups in total. The number of nitrogens with zero attached hydrogens (tertiary/aromatic N) is 3. The van der Waals surface area contributed by atoms with E-state index < -0.39 is 0 Å². The van der Waals surface area contributed by atoms with Crippen LogP contribution in [-0.2, 0) is 0 Å². The number of benzene rings is 1. The molecule has 0 aliphatic carbocycles. The predicted molar refractivity (Wildman–Crippen MR) is 61.0 cm³/mol. The standard InChI is InChI=1S/C11H9N3S/c1-8-10(9-5-3-2-4-6-9)15-11-12-7-13-14(8)11/h2-7H,1H3. The Labute approximate surface area is 91.0 Å². The molecule has 4 heteroatoms. The van der Waals surface area contributed by atoms with Gasteiger partial charge in [0.25, 0.3) is 0 Å². The lowest BCUT2D eigenvalue weighted by molar-refractivity contribution is 0.933. The molecule has 0 atom stereocenters. The number of aryl methyl sites for hydroxylation is 1. The lowest BCUT2D eigenvalue weighted by Gasteiger charge is -1.97. The number of rotatable bonds is 1. The largest absolute Gasteiger partial charge is 0.212 e. The molecule has 15 heavy (non-hydrogen) atoms. The highest BCUT2D eigenvalue weighted by atomic mass is 32.1. The van der Waals surface area contributed by atoms with E-state index in [1.165, 1.54) is 10.4 Å². The van der Waals surface area contributed by atoms with Crippen molar-refractivity contribution in [1.82, 2.24) is 14.6 Å². The summed E-state index contributed by atoms with van der Waals surface area (Å²) in [7, 11) is 0. The van der Waals surface area contributed by atoms with Crippen molar-refractivity contribution in [2.45, 2.75) is 6.92 Å². The van der Waals surface area contributed by atoms with E-state index in [0.717, 1.165) is 10.7 Å². The second kappa shape index (κ2) is 3.17. The fourth-order valence-corrected chi connectivity index (χ4v) is 2.69. The zero-order valence-electron chi connectivity index (χ0n) is 8.21. The van der Waals surface area contributed by atoms with Crippen molar-refractivity contribution in [2.24, 2.45) is 0 Å². The molecular weight excluding hydrogens is 206 g/mol. The van der Waals surface area contributed by atoms with Crippen LogP contribution in [0.4, 0.5) is 0 Å². The van der Waals surface area contributed by atoms with Gasteiger partial charge in [0.1, 0.15) is 6.33 Å². The van der Waals surface area contributed by atoms with Crippen molar-refractivity contribution in [3.8, 4) is 10.4 Å². The van der Waals surface area contributed by atoms with E-state index in [-0.39, 0.29) is 0 Å². The highest BCUT2D eigenvalue weighted by molar-refractivity contribution is 7.20. The van der Waals surface area contributed by atoms with E-state index in [1.807, 2.05) is 22.7 Å². The van der Waals surface area contributed by atoms with Crippen LogP contribution in [0, 0.1) is 6.92 Å². The summed E-state index contributed by atoms with van der Waals surface area (Å²) in [6.45, 7) is 2.07. The van der Waals surface area contributed by atoms with Crippen LogP contribution in [0.1, 0.15) is 5.69 Å². The number of fused-ring (bicyclic) bond motifs is 1. The molecule has 3 aromatic rings. The van der Waals surface area contributed by atoms with E-state index in [1.54, 1.807) is 17.7 Å². The first-order valence-electron chi connectivity index (χ1n) is 4.71. The van der Waals surface area contributed by atoms with Gasteiger partial charge in [-0.25, -0.2) is 9.50 Å². The lowest BCUT2D eigenvalue weighted by Crippen LogP contribution is -1.86. The highest BCUT2D eigenvalue weighted by Crippen LogP contribution is 2.30. The molecule has 0 fully saturated rings. The Morgan fingerprint density at radius 2 is 2.00 bits per heavy atom. The van der Waals surface area contributed by atoms with Crippen LogP contribution < -0.4 is 0 Å². The third kappa shape index (κ3) is 1.26. The molecule has 0 spiro atoms. The average Bonchev–Trinajstić information content (AvgIpc) is 2.83. The van der Waals surface area contributed by atoms with Crippen molar-refractivity contribution < 1.29 is 0 Å². The molecular formula is C11H9N3S. The van der Waals surface area contributed by atoms with Gasteiger partial charge in [-0.15, -0.1) is 0 Å². The van der Waals surface area contributed by atoms with Gasteiger partial charge in [0.2, 0.25) is 4.96 Å². The van der Waals surface area contributed by atoms with Gasteiger partial charge < -0.3 is 0 Å². The van der Waals surface area contributed by atoms with Crippen LogP contribution in [0.25, 0.3) is 15.4 Å². The summed E-state index contributed by atoms with van der Waals surface area (Å²) in [5.74, 6) is 0. The first kappa shape index (κ1) is 8.61. The molecule has 2 aromatic heterocycles. The Hall–Kier alpha value is -1.68. The van der Waals surface area contributed by atoms with Gasteiger partial charge in [-0.1, -0.05) is 41.7 Å². The monoisotopic (exact) mass is 215 g/mol. The lowest BCUT2D eigenvalue weighted by atomic mass is 10.2. The molecule has 0 aliphatic rings. The van der Waals surface area contributed by atoms with E-state index in [2.05, 4.69) is 29.1 Å². The van der Waals surface area contributed by atoms with Crippen LogP contribution in [0.15, 0.2) is 36.7 Å². The Kier molecular flexibility index (Phi) is 1.82. The minimum atomic E-state index is 0.950. The molecule has 0 saturated heterocycles. The SMILES string of the molecule is Cc1c(-c2ccccc2)sc2ncnn12. The summed E-state index contributed by atoms with van der Waals surface area (Å²) in [4.78, 5) is 6.39. The van der Waals surface area contributed by atoms with Crippen molar-refractivity contribution in [1.29, 1.82) is 0 Å². The summed E-state index contributed by atoms with van der Waals surface area (Å²) < 4.78 is 1.88. The van der Waals surface area contributed by atoms with Gasteiger partial charge >= 0.3 is 0 Å². The maximum atomic E-state index is 4.20. The minimum Gasteiger partial charge on any atom is -0.208 e. The third-order valence-corrected chi connectivity index (χ3v) is 3.59. The smallest absolute Gasteiger partial charge is 0.208 e. The van der Waals surface area contributed by atoms with Gasteiger partial charge in [-0.2, -0.15) is 5.10 Å². The molecule has 3 nitrogen and oxygen atoms in total. The van der Waals surface area contributed by atoms with Gasteiger partial charge in [-0.3, -0.25) is 0 Å². The number of aromatic nitrogens is 3. The Morgan fingerprint density at radius 3 is 2.73 bits per heavy atom. The van der Waals surface area contributed by atoms with Crippen LogP contribution in [0.2, 0.25) is 0 Å². The van der Waals surface area contributed by atoms with Crippen molar-refractivity contribution in [3.63, 3.8) is 0 Å². The average molecular weight is 215 g/mol. The van der Waals surface area contributed by atoms with Crippen molar-refractivity contribution >= 4 is 16.3 Å². The summed E-state index contributed by atoms with van der Waals surface area (Å²) >= 11 is 1.67. The van der Waals surface area contributed by atoms with E-state index in [0.29, 0.717) is 0 Å². The Morgan fingerprint density at radius 1 is 1.20 bits per heavy atom. The molecule has 0 aliphatic heterocycles. The maximum Gasteiger partial charge on any atom is 0.212 e. The molecule has 0 saturated carbocycles. The minimum absolute atomic E-state index is 0.950. The quantitative estimate of drug-likeness (QED) is 0.624. The van der Waals surface area contributed by atoms with Crippen molar-refractivity contribution in [3.05, 3.63) is 42.4 Å². The highest BCUT2D eigenvalue weighted by Gasteiger charge is 2.10. The van der Waals surface area contributed by atoms with Crippen LogP contribution in [0.5, 0.6) is 0 Å². The predicted octanol–water partition coefficient (Wildman–Crippen LogP) is 2.77. The molecule has 0 unspecified atom stereocenters. The maximum absolute atomic E-state index is 4.20. The Balaban J connectivity index is 2.27. The zero-order valence-corrected chi connectivity index (χ0v) is 9.03. The third-order valence-electron chi connectivity index (χ3n) is 2.39. The summed E-state index contributed by atoms with van der Waals surface area (Å²) in [6.07, 6.45) is 1.59. The molecule has 1 aromatic carbocycles. The van der Waals surface area contributed by atoms with Crippen LogP contribution in [-0.4, -0.2) is 14.6 Å². The fraction of sp³-hybridized carbons (Fsp3) is 0.0909. The number of thiazole rings is 1. The molecule has 2 heterocycles. The fourth-order valence-electron chi connectivity index (χ4n) is 1.65. The van der Waals surface area contributed by atoms with Gasteiger partial charge in [0, 0.05) is 0 Å². The zero-order chi connectivity index (χ0) is 10.3. The molecule has 0 radical (unpaired) electrons. The normalized spacial score (nSPS) is 11.0. The van der Waals surface area contributed by atoms with Gasteiger partial charge in [0.05, 0.1) is 10.6 Å². The second-order valence-corrected chi connectivity index (χ2v) is 4.31. The molecule has 0 bridgehead atoms. The summed E-state index contributed by atoms with van der Waals surface area (Å²) in [6, 6.07) is 10.3. The molecule has 74 valence electrons. The second-order valence-electron chi connectivity index (χ2n) is 3.34. The van der Waals surface area contributed by atoms with Crippen molar-refractivity contribution in [2.75, 3.05) is 0 Å².